The zero-order valence-electron chi connectivity index (χ0n) is 23.2. The number of hydrogen-bond acceptors (Lipinski definition) is 3. The van der Waals surface area contributed by atoms with Gasteiger partial charge >= 0.3 is 0 Å². The minimum absolute atomic E-state index is 1.15. The van der Waals surface area contributed by atoms with E-state index in [-0.39, 0.29) is 0 Å². The molecule has 0 aliphatic heterocycles. The molecule has 0 saturated heterocycles. The van der Waals surface area contributed by atoms with E-state index in [9.17, 15) is 0 Å². The number of hydrogen-bond donors (Lipinski definition) is 0. The number of fused-ring (bicyclic) bond motifs is 8. The van der Waals surface area contributed by atoms with Crippen molar-refractivity contribution in [1.82, 2.24) is 0 Å². The van der Waals surface area contributed by atoms with E-state index in [0.29, 0.717) is 0 Å². The maximum Gasteiger partial charge on any atom is 0.0640 e. The fourth-order valence-corrected chi connectivity index (χ4v) is 8.85. The van der Waals surface area contributed by atoms with E-state index >= 15 is 0 Å². The van der Waals surface area contributed by atoms with Crippen LogP contribution in [0.15, 0.2) is 152 Å². The van der Waals surface area contributed by atoms with Gasteiger partial charge in [-0.1, -0.05) is 103 Å². The highest BCUT2D eigenvalue weighted by atomic mass is 32.1. The molecule has 0 aliphatic rings. The lowest BCUT2D eigenvalue weighted by molar-refractivity contribution is 1.30. The van der Waals surface area contributed by atoms with Crippen LogP contribution < -0.4 is 4.90 Å². The second-order valence-electron chi connectivity index (χ2n) is 10.9. The molecule has 9 aromatic rings. The molecule has 202 valence electrons. The Balaban J connectivity index is 1.15. The zero-order valence-corrected chi connectivity index (χ0v) is 24.8. The van der Waals surface area contributed by atoms with Crippen molar-refractivity contribution in [3.8, 4) is 11.1 Å². The van der Waals surface area contributed by atoms with Crippen LogP contribution in [0.25, 0.3) is 62.2 Å². The molecule has 0 saturated carbocycles. The normalized spacial score (nSPS) is 11.7. The van der Waals surface area contributed by atoms with Gasteiger partial charge in [-0.25, -0.2) is 0 Å². The van der Waals surface area contributed by atoms with Crippen molar-refractivity contribution in [2.45, 2.75) is 0 Å². The van der Waals surface area contributed by atoms with Gasteiger partial charge in [0, 0.05) is 47.0 Å². The van der Waals surface area contributed by atoms with Crippen LogP contribution in [0.3, 0.4) is 0 Å². The van der Waals surface area contributed by atoms with E-state index in [1.165, 1.54) is 67.9 Å². The van der Waals surface area contributed by atoms with Gasteiger partial charge in [0.1, 0.15) is 0 Å². The third kappa shape index (κ3) is 3.97. The molecule has 0 N–H and O–H groups in total. The van der Waals surface area contributed by atoms with Crippen LogP contribution in [0, 0.1) is 0 Å². The maximum absolute atomic E-state index is 2.39. The molecule has 0 radical (unpaired) electrons. The summed E-state index contributed by atoms with van der Waals surface area (Å²) in [6, 6.07) is 55.3. The van der Waals surface area contributed by atoms with E-state index in [1.54, 1.807) is 0 Å². The van der Waals surface area contributed by atoms with Gasteiger partial charge in [0.2, 0.25) is 0 Å². The summed E-state index contributed by atoms with van der Waals surface area (Å²) in [6.07, 6.45) is 0. The van der Waals surface area contributed by atoms with E-state index in [4.69, 9.17) is 0 Å². The smallest absolute Gasteiger partial charge is 0.0640 e. The first-order chi connectivity index (χ1) is 21.3. The lowest BCUT2D eigenvalue weighted by atomic mass is 9.99. The molecule has 7 aromatic carbocycles. The monoisotopic (exact) mass is 583 g/mol. The Morgan fingerprint density at radius 3 is 1.72 bits per heavy atom. The van der Waals surface area contributed by atoms with E-state index in [0.717, 1.165) is 11.4 Å². The van der Waals surface area contributed by atoms with Crippen LogP contribution in [-0.4, -0.2) is 0 Å². The lowest BCUT2D eigenvalue weighted by Crippen LogP contribution is -2.09. The Hall–Kier alpha value is -4.96. The van der Waals surface area contributed by atoms with Crippen LogP contribution in [-0.2, 0) is 0 Å². The van der Waals surface area contributed by atoms with Crippen molar-refractivity contribution in [1.29, 1.82) is 0 Å². The topological polar surface area (TPSA) is 3.24 Å². The third-order valence-corrected chi connectivity index (χ3v) is 10.9. The van der Waals surface area contributed by atoms with Crippen molar-refractivity contribution in [2.75, 3.05) is 4.90 Å². The molecule has 43 heavy (non-hydrogen) atoms. The van der Waals surface area contributed by atoms with Gasteiger partial charge in [-0.15, -0.1) is 22.7 Å². The summed E-state index contributed by atoms with van der Waals surface area (Å²) in [5.74, 6) is 0. The van der Waals surface area contributed by atoms with Gasteiger partial charge in [-0.2, -0.15) is 0 Å². The Labute approximate surface area is 257 Å². The third-order valence-electron chi connectivity index (χ3n) is 8.46. The lowest BCUT2D eigenvalue weighted by Gasteiger charge is -2.26. The summed E-state index contributed by atoms with van der Waals surface area (Å²) in [7, 11) is 0. The number of anilines is 3. The fourth-order valence-electron chi connectivity index (χ4n) is 6.41. The van der Waals surface area contributed by atoms with Gasteiger partial charge < -0.3 is 4.90 Å². The molecule has 0 bridgehead atoms. The summed E-state index contributed by atoms with van der Waals surface area (Å²) >= 11 is 3.76. The van der Waals surface area contributed by atoms with Crippen LogP contribution in [0.2, 0.25) is 0 Å². The first-order valence-corrected chi connectivity index (χ1v) is 16.1. The van der Waals surface area contributed by atoms with Gasteiger partial charge in [0.05, 0.1) is 10.4 Å². The molecular weight excluding hydrogens is 559 g/mol. The van der Waals surface area contributed by atoms with Crippen LogP contribution >= 0.6 is 22.7 Å². The average Bonchev–Trinajstić information content (AvgIpc) is 3.65. The highest BCUT2D eigenvalue weighted by Crippen LogP contribution is 2.45. The van der Waals surface area contributed by atoms with Gasteiger partial charge in [0.25, 0.3) is 0 Å². The molecule has 0 atom stereocenters. The van der Waals surface area contributed by atoms with Crippen molar-refractivity contribution < 1.29 is 0 Å². The summed E-state index contributed by atoms with van der Waals surface area (Å²) in [5, 5.41) is 7.92. The zero-order chi connectivity index (χ0) is 28.3. The van der Waals surface area contributed by atoms with E-state index < -0.39 is 0 Å². The maximum atomic E-state index is 2.39. The van der Waals surface area contributed by atoms with Gasteiger partial charge in [-0.3, -0.25) is 0 Å². The fraction of sp³-hybridized carbons (Fsp3) is 0. The number of nitrogens with zero attached hydrogens (tertiary/aromatic N) is 1. The highest BCUT2D eigenvalue weighted by molar-refractivity contribution is 7.27. The second kappa shape index (κ2) is 9.81. The van der Waals surface area contributed by atoms with E-state index in [1.807, 2.05) is 22.7 Å². The quantitative estimate of drug-likeness (QED) is 0.199. The van der Waals surface area contributed by atoms with Crippen molar-refractivity contribution in [3.05, 3.63) is 152 Å². The van der Waals surface area contributed by atoms with Gasteiger partial charge in [0.15, 0.2) is 0 Å². The van der Waals surface area contributed by atoms with Crippen LogP contribution in [0.5, 0.6) is 0 Å². The molecule has 0 fully saturated rings. The standard InChI is InChI=1S/C40H25NS2/c1-2-9-29(10-3-1)41(36-14-8-13-34-32-11-4-7-16-38(32)43-40(34)36)30-21-17-26(18-22-30)27-19-23-31-28(25-27)20-24-35-33-12-5-6-15-37(33)42-39(31)35/h1-25H. The molecule has 0 unspecified atom stereocenters. The molecule has 0 amide bonds. The summed E-state index contributed by atoms with van der Waals surface area (Å²) in [6.45, 7) is 0. The van der Waals surface area contributed by atoms with Crippen LogP contribution in [0.1, 0.15) is 0 Å². The number of para-hydroxylation sites is 1. The molecule has 2 aromatic heterocycles. The van der Waals surface area contributed by atoms with E-state index in [2.05, 4.69) is 157 Å². The predicted molar refractivity (Wildman–Crippen MR) is 190 cm³/mol. The van der Waals surface area contributed by atoms with Crippen molar-refractivity contribution >= 4 is 90.9 Å². The molecule has 0 aliphatic carbocycles. The van der Waals surface area contributed by atoms with Crippen LogP contribution in [0.4, 0.5) is 17.1 Å². The minimum atomic E-state index is 1.15. The largest absolute Gasteiger partial charge is 0.309 e. The predicted octanol–water partition coefficient (Wildman–Crippen LogP) is 12.7. The summed E-state index contributed by atoms with van der Waals surface area (Å²) < 4.78 is 5.34. The highest BCUT2D eigenvalue weighted by Gasteiger charge is 2.18. The molecule has 1 nitrogen and oxygen atoms in total. The molecule has 0 spiro atoms. The Kier molecular flexibility index (Phi) is 5.62. The molecule has 3 heteroatoms. The second-order valence-corrected chi connectivity index (χ2v) is 13.1. The molecule has 9 rings (SSSR count). The average molecular weight is 584 g/mol. The summed E-state index contributed by atoms with van der Waals surface area (Å²) in [5.41, 5.74) is 5.95. The minimum Gasteiger partial charge on any atom is -0.309 e. The Morgan fingerprint density at radius 1 is 0.372 bits per heavy atom. The number of rotatable bonds is 4. The Bertz CT molecular complexity index is 2450. The van der Waals surface area contributed by atoms with Crippen molar-refractivity contribution in [3.63, 3.8) is 0 Å². The SMILES string of the molecule is c1ccc(N(c2ccc(-c3ccc4c(ccc5c6ccccc6sc45)c3)cc2)c2cccc3c2sc2ccccc23)cc1. The van der Waals surface area contributed by atoms with Crippen molar-refractivity contribution in [2.24, 2.45) is 0 Å². The molecular formula is C40H25NS2. The summed E-state index contributed by atoms with van der Waals surface area (Å²) in [4.78, 5) is 2.39. The number of thiophene rings is 2. The van der Waals surface area contributed by atoms with Gasteiger partial charge in [-0.05, 0) is 70.4 Å². The first-order valence-electron chi connectivity index (χ1n) is 14.5. The number of benzene rings is 7. The Morgan fingerprint density at radius 2 is 0.953 bits per heavy atom. The first kappa shape index (κ1) is 24.6. The molecule has 2 heterocycles.